The SMILES string of the molecule is COP(=O)(OC)[C@H](C)NC(=O)OC(C)(C)C. The maximum atomic E-state index is 11.8. The Morgan fingerprint density at radius 1 is 1.25 bits per heavy atom. The molecular weight excluding hydrogens is 233 g/mol. The Bertz CT molecular complexity index is 278. The van der Waals surface area contributed by atoms with Crippen molar-refractivity contribution in [2.24, 2.45) is 0 Å². The van der Waals surface area contributed by atoms with Crippen LogP contribution in [0.3, 0.4) is 0 Å². The summed E-state index contributed by atoms with van der Waals surface area (Å²) in [5, 5.41) is 2.40. The van der Waals surface area contributed by atoms with E-state index >= 15 is 0 Å². The van der Waals surface area contributed by atoms with Gasteiger partial charge in [-0.25, -0.2) is 4.79 Å². The van der Waals surface area contributed by atoms with Crippen LogP contribution in [-0.2, 0) is 18.3 Å². The average Bonchev–Trinajstić information content (AvgIpc) is 2.13. The van der Waals surface area contributed by atoms with Gasteiger partial charge in [-0.2, -0.15) is 0 Å². The zero-order chi connectivity index (χ0) is 13.0. The largest absolute Gasteiger partial charge is 0.444 e. The molecule has 1 atom stereocenters. The first-order valence-corrected chi connectivity index (χ1v) is 6.46. The monoisotopic (exact) mass is 253 g/mol. The third-order valence-corrected chi connectivity index (χ3v) is 3.80. The fourth-order valence-electron chi connectivity index (χ4n) is 0.948. The Hall–Kier alpha value is -0.580. The van der Waals surface area contributed by atoms with E-state index in [0.29, 0.717) is 0 Å². The van der Waals surface area contributed by atoms with Gasteiger partial charge in [-0.3, -0.25) is 4.57 Å². The molecule has 0 saturated carbocycles. The van der Waals surface area contributed by atoms with Crippen LogP contribution < -0.4 is 5.32 Å². The first-order valence-electron chi connectivity index (χ1n) is 4.85. The molecule has 0 radical (unpaired) electrons. The molecule has 0 aromatic carbocycles. The number of amides is 1. The molecule has 0 rings (SSSR count). The normalized spacial score (nSPS) is 14.4. The van der Waals surface area contributed by atoms with E-state index in [0.717, 1.165) is 0 Å². The van der Waals surface area contributed by atoms with Crippen LogP contribution in [0.1, 0.15) is 27.7 Å². The molecule has 0 aliphatic heterocycles. The molecule has 0 aromatic heterocycles. The molecule has 6 nitrogen and oxygen atoms in total. The van der Waals surface area contributed by atoms with Gasteiger partial charge in [-0.1, -0.05) is 0 Å². The molecular formula is C9H20NO5P. The lowest BCUT2D eigenvalue weighted by atomic mass is 10.2. The van der Waals surface area contributed by atoms with E-state index in [1.165, 1.54) is 21.1 Å². The first kappa shape index (κ1) is 15.4. The molecule has 0 spiro atoms. The highest BCUT2D eigenvalue weighted by Gasteiger charge is 2.32. The van der Waals surface area contributed by atoms with E-state index in [9.17, 15) is 9.36 Å². The van der Waals surface area contributed by atoms with Gasteiger partial charge in [0.2, 0.25) is 0 Å². The topological polar surface area (TPSA) is 73.9 Å². The minimum Gasteiger partial charge on any atom is -0.444 e. The summed E-state index contributed by atoms with van der Waals surface area (Å²) >= 11 is 0. The molecule has 0 heterocycles. The van der Waals surface area contributed by atoms with Crippen molar-refractivity contribution in [2.45, 2.75) is 39.1 Å². The Morgan fingerprint density at radius 2 is 1.69 bits per heavy atom. The summed E-state index contributed by atoms with van der Waals surface area (Å²) in [4.78, 5) is 11.4. The maximum absolute atomic E-state index is 11.8. The van der Waals surface area contributed by atoms with Crippen LogP contribution in [0.5, 0.6) is 0 Å². The van der Waals surface area contributed by atoms with E-state index in [4.69, 9.17) is 13.8 Å². The van der Waals surface area contributed by atoms with Crippen molar-refractivity contribution in [2.75, 3.05) is 14.2 Å². The maximum Gasteiger partial charge on any atom is 0.408 e. The first-order chi connectivity index (χ1) is 7.14. The van der Waals surface area contributed by atoms with Crippen molar-refractivity contribution in [3.63, 3.8) is 0 Å². The van der Waals surface area contributed by atoms with Crippen LogP contribution in [-0.4, -0.2) is 31.7 Å². The molecule has 0 aliphatic carbocycles. The minimum absolute atomic E-state index is 0.603. The number of nitrogens with one attached hydrogen (secondary N) is 1. The van der Waals surface area contributed by atoms with Gasteiger partial charge in [-0.05, 0) is 27.7 Å². The molecule has 7 heteroatoms. The number of carbonyl (C=O) groups excluding carboxylic acids is 1. The number of alkyl carbamates (subject to hydrolysis) is 1. The smallest absolute Gasteiger partial charge is 0.408 e. The molecule has 16 heavy (non-hydrogen) atoms. The van der Waals surface area contributed by atoms with Crippen LogP contribution in [0, 0.1) is 0 Å². The Labute approximate surface area is 96.2 Å². The van der Waals surface area contributed by atoms with Crippen molar-refractivity contribution in [3.05, 3.63) is 0 Å². The number of ether oxygens (including phenoxy) is 1. The van der Waals surface area contributed by atoms with Crippen LogP contribution in [0.15, 0.2) is 0 Å². The number of carbonyl (C=O) groups is 1. The van der Waals surface area contributed by atoms with E-state index in [1.807, 2.05) is 0 Å². The Balaban J connectivity index is 4.40. The quantitative estimate of drug-likeness (QED) is 0.778. The van der Waals surface area contributed by atoms with Gasteiger partial charge in [-0.15, -0.1) is 0 Å². The second kappa shape index (κ2) is 5.66. The molecule has 0 unspecified atom stereocenters. The summed E-state index contributed by atoms with van der Waals surface area (Å²) in [6, 6.07) is 0. The van der Waals surface area contributed by atoms with Gasteiger partial charge in [0.05, 0.1) is 0 Å². The summed E-state index contributed by atoms with van der Waals surface area (Å²) in [5.74, 6) is -0.766. The van der Waals surface area contributed by atoms with Crippen LogP contribution in [0.4, 0.5) is 4.79 Å². The summed E-state index contributed by atoms with van der Waals surface area (Å²) < 4.78 is 26.3. The predicted octanol–water partition coefficient (Wildman–Crippen LogP) is 2.34. The molecule has 1 amide bonds. The van der Waals surface area contributed by atoms with E-state index < -0.39 is 25.1 Å². The van der Waals surface area contributed by atoms with Gasteiger partial charge < -0.3 is 19.1 Å². The fourth-order valence-corrected chi connectivity index (χ4v) is 1.99. The molecule has 0 aliphatic rings. The predicted molar refractivity (Wildman–Crippen MR) is 60.5 cm³/mol. The molecule has 0 saturated heterocycles. The average molecular weight is 253 g/mol. The van der Waals surface area contributed by atoms with Gasteiger partial charge in [0.25, 0.3) is 0 Å². The van der Waals surface area contributed by atoms with E-state index in [1.54, 1.807) is 20.8 Å². The highest BCUT2D eigenvalue weighted by molar-refractivity contribution is 7.54. The molecule has 96 valence electrons. The second-order valence-electron chi connectivity index (χ2n) is 4.23. The molecule has 0 aromatic rings. The zero-order valence-electron chi connectivity index (χ0n) is 10.6. The fraction of sp³-hybridized carbons (Fsp3) is 0.889. The van der Waals surface area contributed by atoms with Gasteiger partial charge in [0, 0.05) is 14.2 Å². The Kier molecular flexibility index (Phi) is 5.46. The van der Waals surface area contributed by atoms with Gasteiger partial charge in [0.15, 0.2) is 0 Å². The van der Waals surface area contributed by atoms with Gasteiger partial charge >= 0.3 is 13.7 Å². The second-order valence-corrected chi connectivity index (χ2v) is 6.81. The van der Waals surface area contributed by atoms with Gasteiger partial charge in [0.1, 0.15) is 11.4 Å². The molecule has 0 bridgehead atoms. The number of rotatable bonds is 4. The highest BCUT2D eigenvalue weighted by Crippen LogP contribution is 2.50. The van der Waals surface area contributed by atoms with Crippen LogP contribution in [0.2, 0.25) is 0 Å². The van der Waals surface area contributed by atoms with Crippen molar-refractivity contribution in [1.82, 2.24) is 5.32 Å². The van der Waals surface area contributed by atoms with Crippen molar-refractivity contribution in [1.29, 1.82) is 0 Å². The number of hydrogen-bond acceptors (Lipinski definition) is 5. The molecule has 1 N–H and O–H groups in total. The van der Waals surface area contributed by atoms with E-state index in [-0.39, 0.29) is 0 Å². The molecule has 0 fully saturated rings. The minimum atomic E-state index is -3.30. The zero-order valence-corrected chi connectivity index (χ0v) is 11.5. The summed E-state index contributed by atoms with van der Waals surface area (Å²) in [6.07, 6.45) is -0.658. The van der Waals surface area contributed by atoms with Crippen molar-refractivity contribution >= 4 is 13.7 Å². The van der Waals surface area contributed by atoms with E-state index in [2.05, 4.69) is 5.32 Å². The van der Waals surface area contributed by atoms with Crippen LogP contribution in [0.25, 0.3) is 0 Å². The lowest BCUT2D eigenvalue weighted by Gasteiger charge is -2.24. The standard InChI is InChI=1S/C9H20NO5P/c1-7(16(12,13-5)14-6)10-8(11)15-9(2,3)4/h7H,1-6H3,(H,10,11)/t7-/m1/s1. The third-order valence-electron chi connectivity index (χ3n) is 1.71. The lowest BCUT2D eigenvalue weighted by molar-refractivity contribution is 0.0515. The summed E-state index contributed by atoms with van der Waals surface area (Å²) in [7, 11) is -0.781. The van der Waals surface area contributed by atoms with Crippen molar-refractivity contribution in [3.8, 4) is 0 Å². The number of hydrogen-bond donors (Lipinski definition) is 1. The van der Waals surface area contributed by atoms with Crippen molar-refractivity contribution < 1.29 is 23.1 Å². The van der Waals surface area contributed by atoms with Crippen LogP contribution >= 0.6 is 7.60 Å². The third kappa shape index (κ3) is 4.96. The summed E-state index contributed by atoms with van der Waals surface area (Å²) in [6.45, 7) is 6.74. The summed E-state index contributed by atoms with van der Waals surface area (Å²) in [5.41, 5.74) is -0.603. The lowest BCUT2D eigenvalue weighted by Crippen LogP contribution is -2.38. The highest BCUT2D eigenvalue weighted by atomic mass is 31.2. The Morgan fingerprint density at radius 3 is 2.00 bits per heavy atom.